The SMILES string of the molecule is O=C(O)c1ccc(N/N=C/c2ccc(Br)s2)cc1. The lowest BCUT2D eigenvalue weighted by atomic mass is 10.2. The van der Waals surface area contributed by atoms with Gasteiger partial charge in [0.05, 0.1) is 21.3 Å². The third-order valence-electron chi connectivity index (χ3n) is 2.11. The summed E-state index contributed by atoms with van der Waals surface area (Å²) in [5.41, 5.74) is 3.84. The fraction of sp³-hybridized carbons (Fsp3) is 0. The van der Waals surface area contributed by atoms with E-state index >= 15 is 0 Å². The van der Waals surface area contributed by atoms with Crippen LogP contribution in [0.2, 0.25) is 0 Å². The number of hydrazone groups is 1. The summed E-state index contributed by atoms with van der Waals surface area (Å²) in [7, 11) is 0. The molecule has 0 unspecified atom stereocenters. The van der Waals surface area contributed by atoms with E-state index in [1.165, 1.54) is 12.1 Å². The van der Waals surface area contributed by atoms with Gasteiger partial charge in [0.1, 0.15) is 0 Å². The smallest absolute Gasteiger partial charge is 0.335 e. The van der Waals surface area contributed by atoms with E-state index in [0.29, 0.717) is 0 Å². The molecule has 2 N–H and O–H groups in total. The molecule has 0 fully saturated rings. The minimum Gasteiger partial charge on any atom is -0.478 e. The van der Waals surface area contributed by atoms with Crippen molar-refractivity contribution in [1.82, 2.24) is 0 Å². The molecule has 0 aliphatic carbocycles. The molecule has 2 rings (SSSR count). The highest BCUT2D eigenvalue weighted by Gasteiger charge is 2.00. The third-order valence-corrected chi connectivity index (χ3v) is 3.67. The molecule has 0 aliphatic rings. The molecule has 2 aromatic rings. The molecule has 0 aliphatic heterocycles. The predicted molar refractivity (Wildman–Crippen MR) is 76.6 cm³/mol. The van der Waals surface area contributed by atoms with Crippen molar-refractivity contribution in [3.8, 4) is 0 Å². The van der Waals surface area contributed by atoms with Gasteiger partial charge in [-0.25, -0.2) is 4.79 Å². The first kappa shape index (κ1) is 12.8. The van der Waals surface area contributed by atoms with Gasteiger partial charge in [-0.05, 0) is 52.3 Å². The molecule has 1 aromatic carbocycles. The number of nitrogens with zero attached hydrogens (tertiary/aromatic N) is 1. The van der Waals surface area contributed by atoms with E-state index in [-0.39, 0.29) is 5.56 Å². The van der Waals surface area contributed by atoms with Crippen molar-refractivity contribution in [2.75, 3.05) is 5.43 Å². The summed E-state index contributed by atoms with van der Waals surface area (Å²) < 4.78 is 1.05. The molecule has 6 heteroatoms. The van der Waals surface area contributed by atoms with Crippen LogP contribution >= 0.6 is 27.3 Å². The number of anilines is 1. The lowest BCUT2D eigenvalue weighted by Crippen LogP contribution is -1.96. The molecule has 0 saturated carbocycles. The third kappa shape index (κ3) is 3.41. The molecule has 1 heterocycles. The maximum Gasteiger partial charge on any atom is 0.335 e. The van der Waals surface area contributed by atoms with E-state index in [4.69, 9.17) is 5.11 Å². The van der Waals surface area contributed by atoms with Crippen LogP contribution in [0.3, 0.4) is 0 Å². The average Bonchev–Trinajstić information content (AvgIpc) is 2.76. The van der Waals surface area contributed by atoms with Crippen LogP contribution in [-0.2, 0) is 0 Å². The first-order valence-electron chi connectivity index (χ1n) is 5.03. The molecular formula is C12H9BrN2O2S. The Bertz CT molecular complexity index is 578. The second kappa shape index (κ2) is 5.79. The lowest BCUT2D eigenvalue weighted by Gasteiger charge is -1.99. The van der Waals surface area contributed by atoms with Gasteiger partial charge in [0, 0.05) is 4.88 Å². The highest BCUT2D eigenvalue weighted by atomic mass is 79.9. The van der Waals surface area contributed by atoms with Crippen molar-refractivity contribution in [2.24, 2.45) is 5.10 Å². The second-order valence-electron chi connectivity index (χ2n) is 3.39. The van der Waals surface area contributed by atoms with Crippen molar-refractivity contribution < 1.29 is 9.90 Å². The number of thiophene rings is 1. The van der Waals surface area contributed by atoms with Gasteiger partial charge in [-0.1, -0.05) is 0 Å². The van der Waals surface area contributed by atoms with Crippen LogP contribution in [0.15, 0.2) is 45.3 Å². The predicted octanol–water partition coefficient (Wildman–Crippen LogP) is 3.65. The molecule has 0 bridgehead atoms. The zero-order valence-electron chi connectivity index (χ0n) is 9.13. The van der Waals surface area contributed by atoms with Gasteiger partial charge in [-0.2, -0.15) is 5.10 Å². The summed E-state index contributed by atoms with van der Waals surface area (Å²) in [4.78, 5) is 11.7. The minimum absolute atomic E-state index is 0.256. The van der Waals surface area contributed by atoms with Gasteiger partial charge in [-0.3, -0.25) is 5.43 Å². The van der Waals surface area contributed by atoms with Crippen molar-refractivity contribution in [1.29, 1.82) is 0 Å². The Morgan fingerprint density at radius 2 is 2.00 bits per heavy atom. The van der Waals surface area contributed by atoms with Gasteiger partial charge in [0.25, 0.3) is 0 Å². The number of halogens is 1. The Balaban J connectivity index is 1.98. The number of rotatable bonds is 4. The number of hydrogen-bond donors (Lipinski definition) is 2. The Morgan fingerprint density at radius 1 is 1.28 bits per heavy atom. The second-order valence-corrected chi connectivity index (χ2v) is 5.89. The number of aromatic carboxylic acids is 1. The van der Waals surface area contributed by atoms with Crippen molar-refractivity contribution in [3.05, 3.63) is 50.6 Å². The normalized spacial score (nSPS) is 10.7. The maximum atomic E-state index is 10.7. The van der Waals surface area contributed by atoms with Crippen molar-refractivity contribution >= 4 is 45.1 Å². The van der Waals surface area contributed by atoms with Crippen LogP contribution in [-0.4, -0.2) is 17.3 Å². The summed E-state index contributed by atoms with van der Waals surface area (Å²) in [6.45, 7) is 0. The molecule has 0 atom stereocenters. The average molecular weight is 325 g/mol. The first-order valence-corrected chi connectivity index (χ1v) is 6.64. The first-order chi connectivity index (χ1) is 8.65. The molecule has 0 saturated heterocycles. The molecular weight excluding hydrogens is 316 g/mol. The van der Waals surface area contributed by atoms with Crippen LogP contribution in [0.25, 0.3) is 0 Å². The number of carboxylic acid groups (broad SMARTS) is 1. The molecule has 92 valence electrons. The van der Waals surface area contributed by atoms with Crippen LogP contribution in [0.5, 0.6) is 0 Å². The highest BCUT2D eigenvalue weighted by Crippen LogP contribution is 2.20. The summed E-state index contributed by atoms with van der Waals surface area (Å²) in [6.07, 6.45) is 1.71. The Kier molecular flexibility index (Phi) is 4.11. The van der Waals surface area contributed by atoms with E-state index in [0.717, 1.165) is 14.4 Å². The van der Waals surface area contributed by atoms with Gasteiger partial charge < -0.3 is 5.11 Å². The van der Waals surface area contributed by atoms with Crippen LogP contribution in [0.4, 0.5) is 5.69 Å². The van der Waals surface area contributed by atoms with Crippen molar-refractivity contribution in [2.45, 2.75) is 0 Å². The van der Waals surface area contributed by atoms with E-state index in [1.807, 2.05) is 12.1 Å². The molecule has 1 aromatic heterocycles. The lowest BCUT2D eigenvalue weighted by molar-refractivity contribution is 0.0697. The van der Waals surface area contributed by atoms with E-state index < -0.39 is 5.97 Å². The van der Waals surface area contributed by atoms with Gasteiger partial charge in [-0.15, -0.1) is 11.3 Å². The summed E-state index contributed by atoms with van der Waals surface area (Å²) in [6, 6.07) is 10.3. The molecule has 0 amide bonds. The zero-order chi connectivity index (χ0) is 13.0. The Hall–Kier alpha value is -1.66. The zero-order valence-corrected chi connectivity index (χ0v) is 11.5. The topological polar surface area (TPSA) is 61.7 Å². The summed E-state index contributed by atoms with van der Waals surface area (Å²) in [5.74, 6) is -0.937. The van der Waals surface area contributed by atoms with Gasteiger partial charge >= 0.3 is 5.97 Å². The Morgan fingerprint density at radius 3 is 2.56 bits per heavy atom. The molecule has 0 spiro atoms. The molecule has 0 radical (unpaired) electrons. The quantitative estimate of drug-likeness (QED) is 0.666. The van der Waals surface area contributed by atoms with Gasteiger partial charge in [0.15, 0.2) is 0 Å². The van der Waals surface area contributed by atoms with E-state index in [2.05, 4.69) is 26.5 Å². The fourth-order valence-electron chi connectivity index (χ4n) is 1.26. The summed E-state index contributed by atoms with van der Waals surface area (Å²) in [5, 5.41) is 12.8. The Labute approximate surface area is 116 Å². The number of hydrogen-bond acceptors (Lipinski definition) is 4. The van der Waals surface area contributed by atoms with Crippen LogP contribution < -0.4 is 5.43 Å². The maximum absolute atomic E-state index is 10.7. The molecule has 4 nitrogen and oxygen atoms in total. The number of benzene rings is 1. The van der Waals surface area contributed by atoms with Gasteiger partial charge in [0.2, 0.25) is 0 Å². The van der Waals surface area contributed by atoms with Crippen LogP contribution in [0, 0.1) is 0 Å². The summed E-state index contributed by atoms with van der Waals surface area (Å²) >= 11 is 4.95. The fourth-order valence-corrected chi connectivity index (χ4v) is 2.55. The number of nitrogens with one attached hydrogen (secondary N) is 1. The van der Waals surface area contributed by atoms with E-state index in [1.54, 1.807) is 29.7 Å². The largest absolute Gasteiger partial charge is 0.478 e. The minimum atomic E-state index is -0.937. The molecule has 18 heavy (non-hydrogen) atoms. The van der Waals surface area contributed by atoms with E-state index in [9.17, 15) is 4.79 Å². The standard InChI is InChI=1S/C12H9BrN2O2S/c13-11-6-5-10(18-11)7-14-15-9-3-1-8(2-4-9)12(16)17/h1-7,15H,(H,16,17)/b14-7+. The monoisotopic (exact) mass is 324 g/mol. The van der Waals surface area contributed by atoms with Crippen LogP contribution in [0.1, 0.15) is 15.2 Å². The number of carbonyl (C=O) groups is 1. The van der Waals surface area contributed by atoms with Crippen molar-refractivity contribution in [3.63, 3.8) is 0 Å². The number of carboxylic acids is 1. The highest BCUT2D eigenvalue weighted by molar-refractivity contribution is 9.11.